The molecule has 0 bridgehead atoms. The van der Waals surface area contributed by atoms with E-state index in [1.54, 1.807) is 4.68 Å². The molecule has 0 radical (unpaired) electrons. The third-order valence-corrected chi connectivity index (χ3v) is 4.44. The van der Waals surface area contributed by atoms with Crippen molar-refractivity contribution in [3.63, 3.8) is 0 Å². The maximum atomic E-state index is 11.6. The van der Waals surface area contributed by atoms with Crippen molar-refractivity contribution in [2.24, 2.45) is 5.73 Å². The Bertz CT molecular complexity index is 698. The van der Waals surface area contributed by atoms with Gasteiger partial charge in [-0.05, 0) is 43.2 Å². The van der Waals surface area contributed by atoms with Gasteiger partial charge in [0.1, 0.15) is 11.4 Å². The first-order valence-corrected chi connectivity index (χ1v) is 7.79. The first kappa shape index (κ1) is 14.6. The minimum atomic E-state index is -0.517. The van der Waals surface area contributed by atoms with Crippen molar-refractivity contribution in [1.82, 2.24) is 9.78 Å². The lowest BCUT2D eigenvalue weighted by molar-refractivity contribution is 0.100. The van der Waals surface area contributed by atoms with Gasteiger partial charge in [-0.15, -0.1) is 0 Å². The van der Waals surface area contributed by atoms with Crippen molar-refractivity contribution in [1.29, 1.82) is 0 Å². The predicted octanol–water partition coefficient (Wildman–Crippen LogP) is 2.61. The number of benzene rings is 1. The molecule has 5 nitrogen and oxygen atoms in total. The molecule has 2 aromatic rings. The molecule has 1 unspecified atom stereocenters. The number of carbonyl (C=O) groups excluding carboxylic acids is 1. The molecule has 1 fully saturated rings. The second kappa shape index (κ2) is 5.48. The Morgan fingerprint density at radius 2 is 2.00 bits per heavy atom. The van der Waals surface area contributed by atoms with Gasteiger partial charge in [0, 0.05) is 0 Å². The van der Waals surface area contributed by atoms with Gasteiger partial charge in [-0.2, -0.15) is 5.10 Å². The van der Waals surface area contributed by atoms with Crippen LogP contribution >= 0.6 is 0 Å². The third-order valence-electron chi connectivity index (χ3n) is 4.44. The topological polar surface area (TPSA) is 86.9 Å². The standard InChI is InChI=1S/C17H22N4O/c1-3-14-15(17(19)22)16(18)21(20-14)10(2)11-4-6-12(7-5-11)13-8-9-13/h4-7,10,13H,3,8-9,18H2,1-2H3,(H2,19,22). The first-order chi connectivity index (χ1) is 10.5. The van der Waals surface area contributed by atoms with Gasteiger partial charge in [-0.25, -0.2) is 4.68 Å². The largest absolute Gasteiger partial charge is 0.383 e. The number of nitrogens with two attached hydrogens (primary N) is 2. The summed E-state index contributed by atoms with van der Waals surface area (Å²) in [5, 5.41) is 4.49. The van der Waals surface area contributed by atoms with Crippen LogP contribution in [0, 0.1) is 0 Å². The molecular weight excluding hydrogens is 276 g/mol. The van der Waals surface area contributed by atoms with Crippen LogP contribution in [-0.2, 0) is 6.42 Å². The highest BCUT2D eigenvalue weighted by Gasteiger charge is 2.25. The number of nitrogens with zero attached hydrogens (tertiary/aromatic N) is 2. The van der Waals surface area contributed by atoms with Crippen molar-refractivity contribution >= 4 is 11.7 Å². The third kappa shape index (κ3) is 2.47. The van der Waals surface area contributed by atoms with Gasteiger partial charge >= 0.3 is 0 Å². The van der Waals surface area contributed by atoms with Crippen molar-refractivity contribution in [2.45, 2.75) is 45.1 Å². The fraction of sp³-hybridized carbons (Fsp3) is 0.412. The fourth-order valence-electron chi connectivity index (χ4n) is 2.91. The van der Waals surface area contributed by atoms with Crippen LogP contribution in [0.2, 0.25) is 0 Å². The van der Waals surface area contributed by atoms with Gasteiger partial charge in [0.2, 0.25) is 0 Å². The summed E-state index contributed by atoms with van der Waals surface area (Å²) in [5.74, 6) is 0.576. The molecule has 1 aromatic carbocycles. The molecule has 0 spiro atoms. The van der Waals surface area contributed by atoms with Gasteiger partial charge in [0.05, 0.1) is 11.7 Å². The molecule has 3 rings (SSSR count). The summed E-state index contributed by atoms with van der Waals surface area (Å²) in [6.07, 6.45) is 3.22. The van der Waals surface area contributed by atoms with Crippen molar-refractivity contribution < 1.29 is 4.79 Å². The van der Waals surface area contributed by atoms with E-state index in [1.807, 2.05) is 13.8 Å². The summed E-state index contributed by atoms with van der Waals surface area (Å²) in [7, 11) is 0. The molecule has 1 aliphatic carbocycles. The zero-order valence-corrected chi connectivity index (χ0v) is 13.0. The predicted molar refractivity (Wildman–Crippen MR) is 86.8 cm³/mol. The SMILES string of the molecule is CCc1nn(C(C)c2ccc(C3CC3)cc2)c(N)c1C(N)=O. The van der Waals surface area contributed by atoms with E-state index in [9.17, 15) is 4.79 Å². The van der Waals surface area contributed by atoms with Crippen molar-refractivity contribution in [2.75, 3.05) is 5.73 Å². The molecule has 116 valence electrons. The monoisotopic (exact) mass is 298 g/mol. The first-order valence-electron chi connectivity index (χ1n) is 7.79. The number of primary amides is 1. The molecule has 1 saturated carbocycles. The van der Waals surface area contributed by atoms with Gasteiger partial charge in [-0.3, -0.25) is 4.79 Å². The van der Waals surface area contributed by atoms with E-state index in [1.165, 1.54) is 18.4 Å². The summed E-state index contributed by atoms with van der Waals surface area (Å²) in [6, 6.07) is 8.56. The van der Waals surface area contributed by atoms with Crippen LogP contribution in [0.3, 0.4) is 0 Å². The number of anilines is 1. The minimum absolute atomic E-state index is 0.0355. The second-order valence-corrected chi connectivity index (χ2v) is 5.99. The lowest BCUT2D eigenvalue weighted by atomic mass is 10.0. The van der Waals surface area contributed by atoms with E-state index in [0.29, 0.717) is 23.5 Å². The molecule has 1 atom stereocenters. The number of carbonyl (C=O) groups is 1. The molecule has 5 heteroatoms. The van der Waals surface area contributed by atoms with Crippen molar-refractivity contribution in [3.05, 3.63) is 46.6 Å². The molecule has 1 aliphatic rings. The normalized spacial score (nSPS) is 15.7. The van der Waals surface area contributed by atoms with E-state index < -0.39 is 5.91 Å². The summed E-state index contributed by atoms with van der Waals surface area (Å²) in [4.78, 5) is 11.6. The van der Waals surface area contributed by atoms with E-state index in [0.717, 1.165) is 11.5 Å². The van der Waals surface area contributed by atoms with E-state index in [4.69, 9.17) is 11.5 Å². The summed E-state index contributed by atoms with van der Waals surface area (Å²) in [5.41, 5.74) is 15.1. The summed E-state index contributed by atoms with van der Waals surface area (Å²) < 4.78 is 1.70. The number of hydrogen-bond donors (Lipinski definition) is 2. The quantitative estimate of drug-likeness (QED) is 0.889. The summed E-state index contributed by atoms with van der Waals surface area (Å²) in [6.45, 7) is 3.97. The van der Waals surface area contributed by atoms with Crippen LogP contribution in [0.25, 0.3) is 0 Å². The van der Waals surface area contributed by atoms with Gasteiger partial charge < -0.3 is 11.5 Å². The molecule has 1 amide bonds. The zero-order valence-electron chi connectivity index (χ0n) is 13.0. The molecular formula is C17H22N4O. The molecule has 22 heavy (non-hydrogen) atoms. The maximum Gasteiger partial charge on any atom is 0.254 e. The van der Waals surface area contributed by atoms with Crippen LogP contribution in [0.5, 0.6) is 0 Å². The van der Waals surface area contributed by atoms with Crippen LogP contribution in [0.4, 0.5) is 5.82 Å². The number of aryl methyl sites for hydroxylation is 1. The fourth-order valence-corrected chi connectivity index (χ4v) is 2.91. The highest BCUT2D eigenvalue weighted by atomic mass is 16.1. The average molecular weight is 298 g/mol. The molecule has 1 aromatic heterocycles. The number of aromatic nitrogens is 2. The molecule has 4 N–H and O–H groups in total. The smallest absolute Gasteiger partial charge is 0.254 e. The highest BCUT2D eigenvalue weighted by molar-refractivity contribution is 5.98. The van der Waals surface area contributed by atoms with E-state index in [2.05, 4.69) is 29.4 Å². The lowest BCUT2D eigenvalue weighted by Gasteiger charge is -2.15. The molecule has 1 heterocycles. The Hall–Kier alpha value is -2.30. The number of hydrogen-bond acceptors (Lipinski definition) is 3. The van der Waals surface area contributed by atoms with Gasteiger partial charge in [-0.1, -0.05) is 31.2 Å². The van der Waals surface area contributed by atoms with Crippen LogP contribution < -0.4 is 11.5 Å². The Kier molecular flexibility index (Phi) is 3.64. The van der Waals surface area contributed by atoms with Gasteiger partial charge in [0.15, 0.2) is 0 Å². The summed E-state index contributed by atoms with van der Waals surface area (Å²) >= 11 is 0. The van der Waals surface area contributed by atoms with Crippen molar-refractivity contribution in [3.8, 4) is 0 Å². The van der Waals surface area contributed by atoms with Gasteiger partial charge in [0.25, 0.3) is 5.91 Å². The van der Waals surface area contributed by atoms with Crippen LogP contribution in [0.15, 0.2) is 24.3 Å². The lowest BCUT2D eigenvalue weighted by Crippen LogP contribution is -2.16. The molecule has 0 aliphatic heterocycles. The zero-order chi connectivity index (χ0) is 15.9. The second-order valence-electron chi connectivity index (χ2n) is 5.99. The average Bonchev–Trinajstić information content (AvgIpc) is 3.30. The van der Waals surface area contributed by atoms with Crippen LogP contribution in [-0.4, -0.2) is 15.7 Å². The van der Waals surface area contributed by atoms with E-state index >= 15 is 0 Å². The number of nitrogen functional groups attached to an aromatic ring is 1. The highest BCUT2D eigenvalue weighted by Crippen LogP contribution is 2.40. The number of amides is 1. The maximum absolute atomic E-state index is 11.6. The van der Waals surface area contributed by atoms with E-state index in [-0.39, 0.29) is 6.04 Å². The van der Waals surface area contributed by atoms with Crippen LogP contribution in [0.1, 0.15) is 65.8 Å². The Balaban J connectivity index is 1.94. The number of rotatable bonds is 5. The Labute approximate surface area is 130 Å². The Morgan fingerprint density at radius 3 is 2.45 bits per heavy atom. The minimum Gasteiger partial charge on any atom is -0.383 e. The Morgan fingerprint density at radius 1 is 1.36 bits per heavy atom. The molecule has 0 saturated heterocycles.